The van der Waals surface area contributed by atoms with Crippen molar-refractivity contribution in [3.8, 4) is 0 Å². The van der Waals surface area contributed by atoms with Crippen molar-refractivity contribution in [2.45, 2.75) is 141 Å². The Morgan fingerprint density at radius 3 is 1.00 bits per heavy atom. The predicted molar refractivity (Wildman–Crippen MR) is 174 cm³/mol. The van der Waals surface area contributed by atoms with Crippen LogP contribution in [0.1, 0.15) is 128 Å². The molecule has 2 amide bonds. The zero-order chi connectivity index (χ0) is 31.3. The van der Waals surface area contributed by atoms with Crippen molar-refractivity contribution < 1.29 is 29.4 Å². The predicted octanol–water partition coefficient (Wildman–Crippen LogP) is 5.23. The van der Waals surface area contributed by atoms with Gasteiger partial charge in [-0.25, -0.2) is 9.59 Å². The van der Waals surface area contributed by atoms with Gasteiger partial charge >= 0.3 is 11.9 Å². The molecule has 246 valence electrons. The minimum Gasteiger partial charge on any atom is -0.480 e. The van der Waals surface area contributed by atoms with Crippen LogP contribution in [0.2, 0.25) is 0 Å². The number of aliphatic carboxylic acids is 2. The second-order valence-corrected chi connectivity index (χ2v) is 13.5. The molecule has 0 heterocycles. The number of carbonyl (C=O) groups is 4. The van der Waals surface area contributed by atoms with Gasteiger partial charge < -0.3 is 32.3 Å². The first-order valence-electron chi connectivity index (χ1n) is 16.0. The highest BCUT2D eigenvalue weighted by atomic mass is 33.1. The summed E-state index contributed by atoms with van der Waals surface area (Å²) in [6.45, 7) is 1.51. The van der Waals surface area contributed by atoms with Gasteiger partial charge in [-0.2, -0.15) is 0 Å². The van der Waals surface area contributed by atoms with Crippen molar-refractivity contribution in [2.75, 3.05) is 24.6 Å². The summed E-state index contributed by atoms with van der Waals surface area (Å²) < 4.78 is 0. The van der Waals surface area contributed by atoms with Crippen LogP contribution in [0.4, 0.5) is 0 Å². The van der Waals surface area contributed by atoms with Crippen LogP contribution < -0.4 is 22.1 Å². The molecule has 0 saturated heterocycles. The molecule has 12 heteroatoms. The summed E-state index contributed by atoms with van der Waals surface area (Å²) in [7, 11) is 2.35. The minimum absolute atomic E-state index is 0.100. The molecule has 0 rings (SSSR count). The largest absolute Gasteiger partial charge is 0.480 e. The van der Waals surface area contributed by atoms with Gasteiger partial charge in [0.25, 0.3) is 0 Å². The number of amides is 2. The molecule has 10 nitrogen and oxygen atoms in total. The van der Waals surface area contributed by atoms with E-state index in [2.05, 4.69) is 10.6 Å². The summed E-state index contributed by atoms with van der Waals surface area (Å²) in [4.78, 5) is 47.6. The number of carbonyl (C=O) groups excluding carboxylic acids is 2. The number of hydrogen-bond acceptors (Lipinski definition) is 8. The summed E-state index contributed by atoms with van der Waals surface area (Å²) in [5, 5.41) is 24.1. The van der Waals surface area contributed by atoms with Crippen LogP contribution in [0.3, 0.4) is 0 Å². The Hall–Kier alpha value is -1.50. The molecule has 0 saturated carbocycles. The Labute approximate surface area is 261 Å². The highest BCUT2D eigenvalue weighted by molar-refractivity contribution is 8.76. The number of hydrogen-bond donors (Lipinski definition) is 6. The Morgan fingerprint density at radius 1 is 0.476 bits per heavy atom. The standard InChI is InChI=1S/C30H58N4O6S2/c31-21-17-13-9-5-1-3-7-11-15-19-27(35)33-25(29(37)38)23-41-42-24-26(30(39)40)34-28(36)20-16-12-8-4-2-6-10-14-18-22-32/h25-26H,1-24,31-32H2,(H,33,35)(H,34,36)(H,37,38)(H,39,40). The van der Waals surface area contributed by atoms with Gasteiger partial charge in [-0.3, -0.25) is 9.59 Å². The Morgan fingerprint density at radius 2 is 0.738 bits per heavy atom. The van der Waals surface area contributed by atoms with Crippen molar-refractivity contribution in [1.29, 1.82) is 0 Å². The van der Waals surface area contributed by atoms with Crippen molar-refractivity contribution in [2.24, 2.45) is 11.5 Å². The van der Waals surface area contributed by atoms with E-state index in [0.717, 1.165) is 77.3 Å². The van der Waals surface area contributed by atoms with Crippen LogP contribution in [0.15, 0.2) is 0 Å². The normalized spacial score (nSPS) is 12.5. The lowest BCUT2D eigenvalue weighted by Gasteiger charge is -2.16. The van der Waals surface area contributed by atoms with Crippen molar-refractivity contribution in [3.63, 3.8) is 0 Å². The molecule has 0 fully saturated rings. The molecule has 0 radical (unpaired) electrons. The molecule has 0 aromatic rings. The van der Waals surface area contributed by atoms with E-state index in [9.17, 15) is 29.4 Å². The van der Waals surface area contributed by atoms with Gasteiger partial charge in [-0.1, -0.05) is 111 Å². The van der Waals surface area contributed by atoms with Crippen molar-refractivity contribution in [3.05, 3.63) is 0 Å². The average molecular weight is 635 g/mol. The highest BCUT2D eigenvalue weighted by Crippen LogP contribution is 2.23. The molecule has 0 aromatic heterocycles. The van der Waals surface area contributed by atoms with E-state index in [-0.39, 0.29) is 23.3 Å². The van der Waals surface area contributed by atoms with Crippen LogP contribution in [0, 0.1) is 0 Å². The van der Waals surface area contributed by atoms with E-state index < -0.39 is 24.0 Å². The van der Waals surface area contributed by atoms with Crippen molar-refractivity contribution >= 4 is 45.3 Å². The zero-order valence-corrected chi connectivity index (χ0v) is 27.3. The first-order valence-corrected chi connectivity index (χ1v) is 18.5. The van der Waals surface area contributed by atoms with Gasteiger partial charge in [0.05, 0.1) is 0 Å². The molecular weight excluding hydrogens is 576 g/mol. The van der Waals surface area contributed by atoms with Gasteiger partial charge in [0.2, 0.25) is 11.8 Å². The molecule has 0 aliphatic heterocycles. The molecule has 2 atom stereocenters. The van der Waals surface area contributed by atoms with E-state index in [1.807, 2.05) is 0 Å². The van der Waals surface area contributed by atoms with E-state index in [1.165, 1.54) is 73.0 Å². The van der Waals surface area contributed by atoms with Gasteiger partial charge in [0.15, 0.2) is 0 Å². The fraction of sp³-hybridized carbons (Fsp3) is 0.867. The molecule has 2 unspecified atom stereocenters. The number of rotatable bonds is 31. The van der Waals surface area contributed by atoms with Gasteiger partial charge in [0, 0.05) is 24.3 Å². The number of carboxylic acids is 2. The van der Waals surface area contributed by atoms with E-state index in [4.69, 9.17) is 11.5 Å². The number of nitrogens with one attached hydrogen (secondary N) is 2. The zero-order valence-electron chi connectivity index (χ0n) is 25.6. The number of carboxylic acid groups (broad SMARTS) is 2. The summed E-state index contributed by atoms with van der Waals surface area (Å²) in [6.07, 6.45) is 20.1. The lowest BCUT2D eigenvalue weighted by molar-refractivity contribution is -0.141. The summed E-state index contributed by atoms with van der Waals surface area (Å²) >= 11 is 0. The second-order valence-electron chi connectivity index (χ2n) is 10.9. The SMILES string of the molecule is NCCCCCCCCCCCC(=O)NC(CSSCC(NC(=O)CCCCCCCCCCCN)C(=O)O)C(=O)O. The molecule has 8 N–H and O–H groups in total. The third kappa shape index (κ3) is 26.2. The maximum Gasteiger partial charge on any atom is 0.327 e. The van der Waals surface area contributed by atoms with Gasteiger partial charge in [0.1, 0.15) is 12.1 Å². The number of unbranched alkanes of at least 4 members (excludes halogenated alkanes) is 16. The van der Waals surface area contributed by atoms with E-state index in [1.54, 1.807) is 0 Å². The third-order valence-corrected chi connectivity index (χ3v) is 9.46. The lowest BCUT2D eigenvalue weighted by atomic mass is 10.1. The molecular formula is C30H58N4O6S2. The summed E-state index contributed by atoms with van der Waals surface area (Å²) in [5.74, 6) is -2.62. The summed E-state index contributed by atoms with van der Waals surface area (Å²) in [6, 6.07) is -2.10. The van der Waals surface area contributed by atoms with Gasteiger partial charge in [-0.05, 0) is 38.8 Å². The third-order valence-electron chi connectivity index (χ3n) is 7.04. The van der Waals surface area contributed by atoms with E-state index in [0.29, 0.717) is 12.8 Å². The second kappa shape index (κ2) is 29.6. The maximum atomic E-state index is 12.2. The monoisotopic (exact) mass is 634 g/mol. The van der Waals surface area contributed by atoms with E-state index >= 15 is 0 Å². The smallest absolute Gasteiger partial charge is 0.327 e. The molecule has 0 spiro atoms. The maximum absolute atomic E-state index is 12.2. The van der Waals surface area contributed by atoms with Crippen LogP contribution in [0.25, 0.3) is 0 Å². The lowest BCUT2D eigenvalue weighted by Crippen LogP contribution is -2.43. The fourth-order valence-corrected chi connectivity index (χ4v) is 6.76. The Bertz CT molecular complexity index is 659. The molecule has 0 aliphatic rings. The average Bonchev–Trinajstić information content (AvgIpc) is 2.95. The topological polar surface area (TPSA) is 185 Å². The van der Waals surface area contributed by atoms with Gasteiger partial charge in [-0.15, -0.1) is 0 Å². The van der Waals surface area contributed by atoms with Crippen LogP contribution in [-0.2, 0) is 19.2 Å². The van der Waals surface area contributed by atoms with Crippen LogP contribution in [-0.4, -0.2) is 70.6 Å². The number of nitrogens with two attached hydrogens (primary N) is 2. The summed E-state index contributed by atoms with van der Waals surface area (Å²) in [5.41, 5.74) is 11.0. The molecule has 0 aromatic carbocycles. The quantitative estimate of drug-likeness (QED) is 0.0436. The molecule has 0 aliphatic carbocycles. The first kappa shape index (κ1) is 40.5. The fourth-order valence-electron chi connectivity index (χ4n) is 4.45. The highest BCUT2D eigenvalue weighted by Gasteiger charge is 2.23. The molecule has 42 heavy (non-hydrogen) atoms. The Balaban J connectivity index is 4.03. The minimum atomic E-state index is -1.12. The van der Waals surface area contributed by atoms with Crippen LogP contribution in [0.5, 0.6) is 0 Å². The first-order chi connectivity index (χ1) is 20.3. The van der Waals surface area contributed by atoms with Crippen molar-refractivity contribution in [1.82, 2.24) is 10.6 Å². The molecule has 0 bridgehead atoms. The Kier molecular flexibility index (Phi) is 28.5. The van der Waals surface area contributed by atoms with Crippen LogP contribution >= 0.6 is 21.6 Å².